The molecule has 0 atom stereocenters. The van der Waals surface area contributed by atoms with Gasteiger partial charge < -0.3 is 0 Å². The van der Waals surface area contributed by atoms with Gasteiger partial charge in [0.05, 0.1) is 14.9 Å². The fraction of sp³-hybridized carbons (Fsp3) is 0.0667. The zero-order valence-electron chi connectivity index (χ0n) is 11.2. The Kier molecular flexibility index (Phi) is 6.18. The van der Waals surface area contributed by atoms with Crippen molar-refractivity contribution >= 4 is 63.9 Å². The molecule has 0 aliphatic carbocycles. The molecular formula is C15H9Cl4NOS. The molecule has 0 N–H and O–H groups in total. The van der Waals surface area contributed by atoms with E-state index in [0.29, 0.717) is 10.5 Å². The lowest BCUT2D eigenvalue weighted by molar-refractivity contribution is 0.104. The van der Waals surface area contributed by atoms with E-state index in [9.17, 15) is 4.79 Å². The zero-order valence-corrected chi connectivity index (χ0v) is 15.1. The van der Waals surface area contributed by atoms with Crippen LogP contribution in [0.1, 0.15) is 15.9 Å². The SMILES string of the molecule is Cc1cccc(C(=O)/C=C/Sc2c(Cl)c(Cl)nc(Cl)c2Cl)c1. The molecule has 114 valence electrons. The van der Waals surface area contributed by atoms with Gasteiger partial charge in [-0.25, -0.2) is 4.98 Å². The normalized spacial score (nSPS) is 11.1. The van der Waals surface area contributed by atoms with E-state index in [2.05, 4.69) is 4.98 Å². The van der Waals surface area contributed by atoms with Gasteiger partial charge in [-0.3, -0.25) is 4.79 Å². The molecule has 2 aromatic rings. The quantitative estimate of drug-likeness (QED) is 0.257. The van der Waals surface area contributed by atoms with Crippen molar-refractivity contribution in [1.29, 1.82) is 0 Å². The maximum absolute atomic E-state index is 12.1. The first-order valence-corrected chi connectivity index (χ1v) is 8.43. The van der Waals surface area contributed by atoms with Crippen LogP contribution in [0.3, 0.4) is 0 Å². The van der Waals surface area contributed by atoms with Crippen molar-refractivity contribution in [3.05, 3.63) is 67.2 Å². The van der Waals surface area contributed by atoms with Crippen molar-refractivity contribution in [2.45, 2.75) is 11.8 Å². The number of benzene rings is 1. The van der Waals surface area contributed by atoms with E-state index in [4.69, 9.17) is 46.4 Å². The summed E-state index contributed by atoms with van der Waals surface area (Å²) in [6.07, 6.45) is 1.44. The summed E-state index contributed by atoms with van der Waals surface area (Å²) in [5.74, 6) is -0.116. The molecule has 0 spiro atoms. The van der Waals surface area contributed by atoms with Crippen molar-refractivity contribution in [3.63, 3.8) is 0 Å². The van der Waals surface area contributed by atoms with Gasteiger partial charge in [0, 0.05) is 5.56 Å². The van der Waals surface area contributed by atoms with E-state index in [-0.39, 0.29) is 26.1 Å². The predicted octanol–water partition coefficient (Wildman–Crippen LogP) is 6.49. The van der Waals surface area contributed by atoms with Gasteiger partial charge in [-0.2, -0.15) is 0 Å². The average molecular weight is 393 g/mol. The highest BCUT2D eigenvalue weighted by atomic mass is 35.5. The third-order valence-electron chi connectivity index (χ3n) is 2.67. The van der Waals surface area contributed by atoms with Crippen LogP contribution in [0.4, 0.5) is 0 Å². The average Bonchev–Trinajstić information content (AvgIpc) is 2.48. The van der Waals surface area contributed by atoms with E-state index in [1.54, 1.807) is 11.5 Å². The number of thioether (sulfide) groups is 1. The van der Waals surface area contributed by atoms with Gasteiger partial charge in [-0.15, -0.1) is 0 Å². The number of aromatic nitrogens is 1. The van der Waals surface area contributed by atoms with Crippen LogP contribution in [0, 0.1) is 6.92 Å². The van der Waals surface area contributed by atoms with E-state index >= 15 is 0 Å². The summed E-state index contributed by atoms with van der Waals surface area (Å²) in [6.45, 7) is 1.93. The fourth-order valence-electron chi connectivity index (χ4n) is 1.63. The number of halogens is 4. The molecule has 0 radical (unpaired) electrons. The lowest BCUT2D eigenvalue weighted by atomic mass is 10.1. The van der Waals surface area contributed by atoms with Gasteiger partial charge in [0.25, 0.3) is 0 Å². The van der Waals surface area contributed by atoms with Gasteiger partial charge in [0.2, 0.25) is 0 Å². The summed E-state index contributed by atoms with van der Waals surface area (Å²) in [4.78, 5) is 16.3. The van der Waals surface area contributed by atoms with Gasteiger partial charge in [0.15, 0.2) is 16.1 Å². The summed E-state index contributed by atoms with van der Waals surface area (Å²) < 4.78 is 0. The van der Waals surface area contributed by atoms with E-state index in [0.717, 1.165) is 17.3 Å². The fourth-order valence-corrected chi connectivity index (χ4v) is 3.46. The molecule has 2 rings (SSSR count). The number of ketones is 1. The Balaban J connectivity index is 2.18. The predicted molar refractivity (Wildman–Crippen MR) is 94.8 cm³/mol. The minimum absolute atomic E-state index is 0.0666. The van der Waals surface area contributed by atoms with Gasteiger partial charge in [-0.1, -0.05) is 81.9 Å². The van der Waals surface area contributed by atoms with Crippen LogP contribution >= 0.6 is 58.2 Å². The van der Waals surface area contributed by atoms with E-state index in [1.807, 2.05) is 25.1 Å². The second-order valence-corrected chi connectivity index (χ2v) is 6.69. The summed E-state index contributed by atoms with van der Waals surface area (Å²) in [7, 11) is 0. The van der Waals surface area contributed by atoms with Crippen LogP contribution in [0.5, 0.6) is 0 Å². The van der Waals surface area contributed by atoms with Crippen LogP contribution < -0.4 is 0 Å². The number of allylic oxidation sites excluding steroid dienone is 1. The summed E-state index contributed by atoms with van der Waals surface area (Å²) in [5.41, 5.74) is 1.63. The molecule has 1 aromatic heterocycles. The maximum atomic E-state index is 12.1. The monoisotopic (exact) mass is 391 g/mol. The maximum Gasteiger partial charge on any atom is 0.186 e. The van der Waals surface area contributed by atoms with Crippen molar-refractivity contribution in [1.82, 2.24) is 4.98 Å². The highest BCUT2D eigenvalue weighted by molar-refractivity contribution is 8.02. The highest BCUT2D eigenvalue weighted by Gasteiger charge is 2.15. The molecule has 0 saturated heterocycles. The standard InChI is InChI=1S/C15H9Cl4NOS/c1-8-3-2-4-9(7-8)10(21)5-6-22-13-11(16)14(18)20-15(19)12(13)17/h2-7H,1H3/b6-5+. The third-order valence-corrected chi connectivity index (χ3v) is 5.28. The molecule has 2 nitrogen and oxygen atoms in total. The van der Waals surface area contributed by atoms with Crippen LogP contribution in [0.25, 0.3) is 0 Å². The first-order chi connectivity index (χ1) is 10.4. The van der Waals surface area contributed by atoms with Crippen LogP contribution in [0.15, 0.2) is 40.6 Å². The molecule has 0 fully saturated rings. The summed E-state index contributed by atoms with van der Waals surface area (Å²) >= 11 is 25.0. The van der Waals surface area contributed by atoms with E-state index in [1.165, 1.54) is 6.08 Å². The van der Waals surface area contributed by atoms with Crippen molar-refractivity contribution in [2.75, 3.05) is 0 Å². The minimum atomic E-state index is -0.116. The van der Waals surface area contributed by atoms with Gasteiger partial charge >= 0.3 is 0 Å². The van der Waals surface area contributed by atoms with Crippen LogP contribution in [-0.2, 0) is 0 Å². The third kappa shape index (κ3) is 4.18. The number of hydrogen-bond acceptors (Lipinski definition) is 3. The molecule has 22 heavy (non-hydrogen) atoms. The Morgan fingerprint density at radius 3 is 2.36 bits per heavy atom. The Morgan fingerprint density at radius 2 is 1.77 bits per heavy atom. The summed E-state index contributed by atoms with van der Waals surface area (Å²) in [5, 5.41) is 2.13. The van der Waals surface area contributed by atoms with Gasteiger partial charge in [-0.05, 0) is 24.5 Å². The minimum Gasteiger partial charge on any atom is -0.289 e. The van der Waals surface area contributed by atoms with Crippen molar-refractivity contribution in [3.8, 4) is 0 Å². The number of carbonyl (C=O) groups is 1. The number of carbonyl (C=O) groups excluding carboxylic acids is 1. The highest BCUT2D eigenvalue weighted by Crippen LogP contribution is 2.41. The molecule has 0 aliphatic rings. The number of pyridine rings is 1. The largest absolute Gasteiger partial charge is 0.289 e. The number of rotatable bonds is 4. The Hall–Kier alpha value is -0.710. The molecule has 0 saturated carbocycles. The number of hydrogen-bond donors (Lipinski definition) is 0. The molecule has 7 heteroatoms. The second kappa shape index (κ2) is 7.71. The summed E-state index contributed by atoms with van der Waals surface area (Å²) in [6, 6.07) is 7.33. The van der Waals surface area contributed by atoms with Crippen molar-refractivity contribution < 1.29 is 4.79 Å². The molecule has 0 amide bonds. The van der Waals surface area contributed by atoms with E-state index < -0.39 is 0 Å². The first kappa shape index (κ1) is 17.6. The Bertz CT molecular complexity index is 735. The number of aryl methyl sites for hydroxylation is 1. The Morgan fingerprint density at radius 1 is 1.14 bits per heavy atom. The molecule has 1 aromatic carbocycles. The topological polar surface area (TPSA) is 30.0 Å². The molecule has 0 bridgehead atoms. The van der Waals surface area contributed by atoms with Crippen LogP contribution in [-0.4, -0.2) is 10.8 Å². The molecule has 0 aliphatic heterocycles. The first-order valence-electron chi connectivity index (χ1n) is 6.04. The lowest BCUT2D eigenvalue weighted by Crippen LogP contribution is -1.93. The smallest absolute Gasteiger partial charge is 0.186 e. The zero-order chi connectivity index (χ0) is 16.3. The molecule has 0 unspecified atom stereocenters. The van der Waals surface area contributed by atoms with Crippen molar-refractivity contribution in [2.24, 2.45) is 0 Å². The van der Waals surface area contributed by atoms with Crippen LogP contribution in [0.2, 0.25) is 20.4 Å². The lowest BCUT2D eigenvalue weighted by Gasteiger charge is -2.06. The Labute approximate surface area is 152 Å². The molecule has 1 heterocycles. The van der Waals surface area contributed by atoms with Gasteiger partial charge in [0.1, 0.15) is 0 Å². The number of nitrogens with zero attached hydrogens (tertiary/aromatic N) is 1. The second-order valence-electron chi connectivity index (χ2n) is 4.30. The molecular weight excluding hydrogens is 384 g/mol.